The number of benzene rings is 1. The Bertz CT molecular complexity index is 550. The van der Waals surface area contributed by atoms with Gasteiger partial charge in [0.15, 0.2) is 0 Å². The highest BCUT2D eigenvalue weighted by Crippen LogP contribution is 2.20. The van der Waals surface area contributed by atoms with Crippen LogP contribution >= 0.6 is 0 Å². The van der Waals surface area contributed by atoms with Gasteiger partial charge in [-0.3, -0.25) is 0 Å². The number of aromatic nitrogens is 2. The summed E-state index contributed by atoms with van der Waals surface area (Å²) in [5.74, 6) is 2.11. The van der Waals surface area contributed by atoms with Gasteiger partial charge in [0.25, 0.3) is 0 Å². The summed E-state index contributed by atoms with van der Waals surface area (Å²) >= 11 is 0. The Hall–Kier alpha value is -1.81. The molecule has 0 radical (unpaired) electrons. The Morgan fingerprint density at radius 2 is 2.14 bits per heavy atom. The third kappa shape index (κ3) is 4.33. The number of likely N-dealkylation sites (N-methyl/N-ethyl adjacent to an activating group) is 1. The van der Waals surface area contributed by atoms with E-state index in [4.69, 9.17) is 4.74 Å². The number of nitrogens with one attached hydrogen (secondary N) is 1. The quantitative estimate of drug-likeness (QED) is 0.811. The molecule has 21 heavy (non-hydrogen) atoms. The van der Waals surface area contributed by atoms with Crippen molar-refractivity contribution in [3.8, 4) is 5.75 Å². The molecule has 2 rings (SSSR count). The van der Waals surface area contributed by atoms with Crippen LogP contribution in [0.25, 0.3) is 0 Å². The molecule has 0 aliphatic rings. The van der Waals surface area contributed by atoms with Crippen LogP contribution in [-0.4, -0.2) is 29.2 Å². The average molecular weight is 287 g/mol. The molecule has 0 aliphatic carbocycles. The third-order valence-electron chi connectivity index (χ3n) is 3.79. The van der Waals surface area contributed by atoms with Gasteiger partial charge >= 0.3 is 0 Å². The summed E-state index contributed by atoms with van der Waals surface area (Å²) in [4.78, 5) is 4.40. The van der Waals surface area contributed by atoms with E-state index in [1.165, 1.54) is 5.56 Å². The molecule has 1 unspecified atom stereocenters. The smallest absolute Gasteiger partial charge is 0.122 e. The fourth-order valence-corrected chi connectivity index (χ4v) is 2.64. The summed E-state index contributed by atoms with van der Waals surface area (Å²) in [7, 11) is 3.78. The van der Waals surface area contributed by atoms with E-state index in [-0.39, 0.29) is 0 Å². The summed E-state index contributed by atoms with van der Waals surface area (Å²) < 4.78 is 7.54. The minimum absolute atomic E-state index is 0.433. The second-order valence-electron chi connectivity index (χ2n) is 5.26. The van der Waals surface area contributed by atoms with Crippen LogP contribution in [0.5, 0.6) is 5.75 Å². The number of imidazole rings is 1. The first-order valence-corrected chi connectivity index (χ1v) is 7.56. The highest BCUT2D eigenvalue weighted by Gasteiger charge is 2.12. The summed E-state index contributed by atoms with van der Waals surface area (Å²) in [6.07, 6.45) is 6.88. The van der Waals surface area contributed by atoms with E-state index >= 15 is 0 Å². The Balaban J connectivity index is 2.00. The van der Waals surface area contributed by atoms with Crippen LogP contribution in [0.3, 0.4) is 0 Å². The summed E-state index contributed by atoms with van der Waals surface area (Å²) in [5, 5.41) is 3.57. The largest absolute Gasteiger partial charge is 0.496 e. The molecule has 4 heteroatoms. The lowest BCUT2D eigenvalue weighted by Crippen LogP contribution is -2.31. The molecule has 0 amide bonds. The lowest BCUT2D eigenvalue weighted by atomic mass is 10.0. The number of ether oxygens (including phenoxy) is 1. The molecule has 1 heterocycles. The van der Waals surface area contributed by atoms with Crippen LogP contribution in [0, 0.1) is 0 Å². The van der Waals surface area contributed by atoms with Crippen molar-refractivity contribution in [1.29, 1.82) is 0 Å². The number of rotatable bonds is 8. The van der Waals surface area contributed by atoms with Gasteiger partial charge < -0.3 is 14.6 Å². The highest BCUT2D eigenvalue weighted by molar-refractivity contribution is 5.33. The van der Waals surface area contributed by atoms with Crippen LogP contribution in [0.1, 0.15) is 24.7 Å². The third-order valence-corrected chi connectivity index (χ3v) is 3.79. The van der Waals surface area contributed by atoms with E-state index in [9.17, 15) is 0 Å². The van der Waals surface area contributed by atoms with E-state index in [1.54, 1.807) is 7.11 Å². The lowest BCUT2D eigenvalue weighted by Gasteiger charge is -2.19. The van der Waals surface area contributed by atoms with Crippen molar-refractivity contribution in [2.75, 3.05) is 13.7 Å². The molecule has 1 aromatic carbocycles. The van der Waals surface area contributed by atoms with Crippen molar-refractivity contribution in [1.82, 2.24) is 14.9 Å². The van der Waals surface area contributed by atoms with Crippen molar-refractivity contribution in [2.24, 2.45) is 7.05 Å². The van der Waals surface area contributed by atoms with E-state index in [0.29, 0.717) is 6.04 Å². The SMILES string of the molecule is CCNC(CCc1nccn1C)Cc1ccccc1OC. The van der Waals surface area contributed by atoms with E-state index < -0.39 is 0 Å². The van der Waals surface area contributed by atoms with Gasteiger partial charge in [-0.05, 0) is 31.0 Å². The maximum absolute atomic E-state index is 5.45. The fraction of sp³-hybridized carbons (Fsp3) is 0.471. The van der Waals surface area contributed by atoms with Gasteiger partial charge in [0.2, 0.25) is 0 Å². The molecule has 2 aromatic rings. The first-order valence-electron chi connectivity index (χ1n) is 7.56. The number of aryl methyl sites for hydroxylation is 2. The molecule has 0 saturated heterocycles. The topological polar surface area (TPSA) is 39.1 Å². The molecule has 4 nitrogen and oxygen atoms in total. The molecule has 0 fully saturated rings. The van der Waals surface area contributed by atoms with Crippen LogP contribution in [0.4, 0.5) is 0 Å². The summed E-state index contributed by atoms with van der Waals surface area (Å²) in [6, 6.07) is 8.68. The van der Waals surface area contributed by atoms with Crippen molar-refractivity contribution < 1.29 is 4.74 Å². The molecule has 1 atom stereocenters. The number of hydrogen-bond acceptors (Lipinski definition) is 3. The lowest BCUT2D eigenvalue weighted by molar-refractivity contribution is 0.402. The molecule has 0 saturated carbocycles. The molecule has 114 valence electrons. The zero-order valence-corrected chi connectivity index (χ0v) is 13.2. The van der Waals surface area contributed by atoms with Crippen molar-refractivity contribution in [3.63, 3.8) is 0 Å². The molecule has 0 bridgehead atoms. The van der Waals surface area contributed by atoms with E-state index in [1.807, 2.05) is 31.6 Å². The molecular weight excluding hydrogens is 262 g/mol. The van der Waals surface area contributed by atoms with Crippen molar-refractivity contribution in [3.05, 3.63) is 48.0 Å². The zero-order chi connectivity index (χ0) is 15.1. The minimum Gasteiger partial charge on any atom is -0.496 e. The predicted octanol–water partition coefficient (Wildman–Crippen LogP) is 2.58. The van der Waals surface area contributed by atoms with E-state index in [2.05, 4.69) is 33.9 Å². The highest BCUT2D eigenvalue weighted by atomic mass is 16.5. The number of hydrogen-bond donors (Lipinski definition) is 1. The monoisotopic (exact) mass is 287 g/mol. The molecular formula is C17H25N3O. The number of methoxy groups -OCH3 is 1. The average Bonchev–Trinajstić information content (AvgIpc) is 2.91. The second-order valence-corrected chi connectivity index (χ2v) is 5.26. The Morgan fingerprint density at radius 1 is 1.33 bits per heavy atom. The van der Waals surface area contributed by atoms with E-state index in [0.717, 1.165) is 37.4 Å². The fourth-order valence-electron chi connectivity index (χ4n) is 2.64. The summed E-state index contributed by atoms with van der Waals surface area (Å²) in [6.45, 7) is 3.12. The van der Waals surface area contributed by atoms with Gasteiger partial charge in [0.1, 0.15) is 11.6 Å². The van der Waals surface area contributed by atoms with Crippen LogP contribution < -0.4 is 10.1 Å². The van der Waals surface area contributed by atoms with Crippen molar-refractivity contribution in [2.45, 2.75) is 32.2 Å². The Kier molecular flexibility index (Phi) is 5.81. The Morgan fingerprint density at radius 3 is 2.81 bits per heavy atom. The van der Waals surface area contributed by atoms with Crippen LogP contribution in [0.15, 0.2) is 36.7 Å². The number of nitrogens with zero attached hydrogens (tertiary/aromatic N) is 2. The minimum atomic E-state index is 0.433. The first kappa shape index (κ1) is 15.6. The van der Waals surface area contributed by atoms with Crippen LogP contribution in [-0.2, 0) is 19.9 Å². The van der Waals surface area contributed by atoms with Gasteiger partial charge in [0.05, 0.1) is 7.11 Å². The summed E-state index contributed by atoms with van der Waals surface area (Å²) in [5.41, 5.74) is 1.26. The maximum Gasteiger partial charge on any atom is 0.122 e. The van der Waals surface area contributed by atoms with Gasteiger partial charge in [-0.25, -0.2) is 4.98 Å². The first-order chi connectivity index (χ1) is 10.2. The Labute approximate surface area is 127 Å². The normalized spacial score (nSPS) is 12.3. The van der Waals surface area contributed by atoms with Crippen LogP contribution in [0.2, 0.25) is 0 Å². The molecule has 0 aliphatic heterocycles. The number of para-hydroxylation sites is 1. The van der Waals surface area contributed by atoms with Gasteiger partial charge in [-0.15, -0.1) is 0 Å². The van der Waals surface area contributed by atoms with Gasteiger partial charge in [-0.1, -0.05) is 25.1 Å². The predicted molar refractivity (Wildman–Crippen MR) is 85.7 cm³/mol. The standard InChI is InChI=1S/C17H25N3O/c1-4-18-15(9-10-17-19-11-12-20(17)2)13-14-7-5-6-8-16(14)21-3/h5-8,11-12,15,18H,4,9-10,13H2,1-3H3. The van der Waals surface area contributed by atoms with Gasteiger partial charge in [0, 0.05) is 31.9 Å². The maximum atomic E-state index is 5.45. The molecule has 1 aromatic heterocycles. The van der Waals surface area contributed by atoms with Crippen molar-refractivity contribution >= 4 is 0 Å². The zero-order valence-electron chi connectivity index (χ0n) is 13.2. The van der Waals surface area contributed by atoms with Gasteiger partial charge in [-0.2, -0.15) is 0 Å². The second kappa shape index (κ2) is 7.84. The molecule has 1 N–H and O–H groups in total. The molecule has 0 spiro atoms.